The van der Waals surface area contributed by atoms with Crippen LogP contribution in [0.4, 0.5) is 0 Å². The van der Waals surface area contributed by atoms with Crippen molar-refractivity contribution in [2.75, 3.05) is 13.7 Å². The van der Waals surface area contributed by atoms with E-state index in [9.17, 15) is 9.90 Å². The lowest BCUT2D eigenvalue weighted by Crippen LogP contribution is -2.18. The molecule has 9 heteroatoms. The third-order valence-electron chi connectivity index (χ3n) is 6.03. The van der Waals surface area contributed by atoms with Gasteiger partial charge < -0.3 is 19.7 Å². The van der Waals surface area contributed by atoms with Gasteiger partial charge >= 0.3 is 0 Å². The van der Waals surface area contributed by atoms with Crippen molar-refractivity contribution in [1.29, 1.82) is 0 Å². The molecule has 4 heterocycles. The smallest absolute Gasteiger partial charge is 0.253 e. The summed E-state index contributed by atoms with van der Waals surface area (Å²) in [6.07, 6.45) is 1.74. The summed E-state index contributed by atoms with van der Waals surface area (Å²) in [4.78, 5) is 22.6. The Labute approximate surface area is 204 Å². The van der Waals surface area contributed by atoms with Crippen LogP contribution in [0.5, 0.6) is 11.5 Å². The molecular weight excluding hydrogens is 468 g/mol. The molecule has 7 nitrogen and oxygen atoms in total. The highest BCUT2D eigenvalue weighted by Gasteiger charge is 2.19. The summed E-state index contributed by atoms with van der Waals surface area (Å²) in [5.41, 5.74) is 4.26. The van der Waals surface area contributed by atoms with Crippen LogP contribution >= 0.6 is 22.7 Å². The molecule has 1 atom stereocenters. The SMILES string of the molecule is CNC(=O)c1c(C)n(C)c2cc(Oc3ccnc4cc(-c5nc(C(C)CO)cs5)sc34)ccc12. The summed E-state index contributed by atoms with van der Waals surface area (Å²) in [5.74, 6) is 1.32. The number of hydrogen-bond acceptors (Lipinski definition) is 7. The van der Waals surface area contributed by atoms with Gasteiger partial charge in [0.2, 0.25) is 0 Å². The van der Waals surface area contributed by atoms with Gasteiger partial charge in [0, 0.05) is 54.8 Å². The van der Waals surface area contributed by atoms with Crippen molar-refractivity contribution in [3.63, 3.8) is 0 Å². The van der Waals surface area contributed by atoms with E-state index in [0.717, 1.165) is 48.1 Å². The quantitative estimate of drug-likeness (QED) is 0.328. The second kappa shape index (κ2) is 8.83. The molecule has 0 fully saturated rings. The monoisotopic (exact) mass is 492 g/mol. The van der Waals surface area contributed by atoms with Gasteiger partial charge in [0.15, 0.2) is 0 Å². The van der Waals surface area contributed by atoms with Crippen molar-refractivity contribution in [3.05, 3.63) is 58.9 Å². The van der Waals surface area contributed by atoms with E-state index in [-0.39, 0.29) is 18.4 Å². The third-order valence-corrected chi connectivity index (χ3v) is 8.20. The van der Waals surface area contributed by atoms with Crippen LogP contribution in [0.25, 0.3) is 31.0 Å². The first-order valence-electron chi connectivity index (χ1n) is 10.9. The molecule has 0 aliphatic rings. The van der Waals surface area contributed by atoms with E-state index in [2.05, 4.69) is 10.3 Å². The molecule has 5 aromatic rings. The predicted octanol–water partition coefficient (Wildman–Crippen LogP) is 5.47. The average molecular weight is 493 g/mol. The van der Waals surface area contributed by atoms with Crippen LogP contribution in [0.2, 0.25) is 0 Å². The number of aryl methyl sites for hydroxylation is 1. The van der Waals surface area contributed by atoms with Gasteiger partial charge in [-0.3, -0.25) is 9.78 Å². The number of aliphatic hydroxyl groups excluding tert-OH is 1. The molecule has 0 radical (unpaired) electrons. The predicted molar refractivity (Wildman–Crippen MR) is 137 cm³/mol. The molecule has 1 amide bonds. The van der Waals surface area contributed by atoms with E-state index in [4.69, 9.17) is 9.72 Å². The van der Waals surface area contributed by atoms with Gasteiger partial charge in [-0.25, -0.2) is 4.98 Å². The number of carbonyl (C=O) groups excluding carboxylic acids is 1. The van der Waals surface area contributed by atoms with Gasteiger partial charge in [0.05, 0.1) is 38.5 Å². The number of benzene rings is 1. The summed E-state index contributed by atoms with van der Waals surface area (Å²) in [6.45, 7) is 3.97. The van der Waals surface area contributed by atoms with Gasteiger partial charge in [-0.2, -0.15) is 0 Å². The molecule has 0 aliphatic carbocycles. The Morgan fingerprint density at radius 1 is 1.29 bits per heavy atom. The lowest BCUT2D eigenvalue weighted by Gasteiger charge is -2.07. The van der Waals surface area contributed by atoms with Gasteiger partial charge in [0.1, 0.15) is 16.5 Å². The van der Waals surface area contributed by atoms with Gasteiger partial charge in [0.25, 0.3) is 5.91 Å². The fraction of sp³-hybridized carbons (Fsp3) is 0.240. The molecule has 0 saturated heterocycles. The summed E-state index contributed by atoms with van der Waals surface area (Å²) >= 11 is 3.16. The zero-order valence-corrected chi connectivity index (χ0v) is 20.9. The van der Waals surface area contributed by atoms with Crippen LogP contribution < -0.4 is 10.1 Å². The van der Waals surface area contributed by atoms with Crippen LogP contribution in [0.3, 0.4) is 0 Å². The maximum absolute atomic E-state index is 12.4. The first-order chi connectivity index (χ1) is 16.4. The first kappa shape index (κ1) is 22.5. The van der Waals surface area contributed by atoms with Crippen molar-refractivity contribution < 1.29 is 14.6 Å². The number of amides is 1. The summed E-state index contributed by atoms with van der Waals surface area (Å²) in [5, 5.41) is 15.9. The summed E-state index contributed by atoms with van der Waals surface area (Å²) in [7, 11) is 3.59. The van der Waals surface area contributed by atoms with E-state index in [1.165, 1.54) is 0 Å². The maximum Gasteiger partial charge on any atom is 0.253 e. The van der Waals surface area contributed by atoms with Crippen molar-refractivity contribution in [1.82, 2.24) is 19.9 Å². The van der Waals surface area contributed by atoms with Crippen LogP contribution in [0.1, 0.15) is 34.6 Å². The number of ether oxygens (including phenoxy) is 1. The second-order valence-corrected chi connectivity index (χ2v) is 10.1. The summed E-state index contributed by atoms with van der Waals surface area (Å²) < 4.78 is 9.26. The molecule has 174 valence electrons. The van der Waals surface area contributed by atoms with Crippen molar-refractivity contribution in [2.45, 2.75) is 19.8 Å². The number of thiazole rings is 1. The van der Waals surface area contributed by atoms with Crippen LogP contribution in [0.15, 0.2) is 41.9 Å². The van der Waals surface area contributed by atoms with Crippen LogP contribution in [-0.4, -0.2) is 39.2 Å². The number of carbonyl (C=O) groups is 1. The fourth-order valence-corrected chi connectivity index (χ4v) is 6.04. The normalized spacial score (nSPS) is 12.4. The highest BCUT2D eigenvalue weighted by Crippen LogP contribution is 2.41. The minimum atomic E-state index is -0.0996. The number of nitrogens with zero attached hydrogens (tertiary/aromatic N) is 3. The standard InChI is InChI=1S/C25H24N4O3S2/c1-13(11-30)18-12-33-25(28-18)21-10-17-23(34-21)20(7-8-27-17)32-15-5-6-16-19(9-15)29(4)14(2)22(16)24(31)26-3/h5-10,12-13,30H,11H2,1-4H3,(H,26,31). The molecule has 0 aliphatic heterocycles. The Balaban J connectivity index is 1.51. The van der Waals surface area contributed by atoms with Crippen molar-refractivity contribution in [2.24, 2.45) is 7.05 Å². The molecule has 34 heavy (non-hydrogen) atoms. The van der Waals surface area contributed by atoms with E-state index in [1.807, 2.05) is 61.2 Å². The molecule has 1 aromatic carbocycles. The van der Waals surface area contributed by atoms with Crippen LogP contribution in [-0.2, 0) is 7.05 Å². The Kier molecular flexibility index (Phi) is 5.85. The minimum absolute atomic E-state index is 0.0105. The summed E-state index contributed by atoms with van der Waals surface area (Å²) in [6, 6.07) is 9.66. The zero-order valence-electron chi connectivity index (χ0n) is 19.2. The van der Waals surface area contributed by atoms with Crippen LogP contribution in [0, 0.1) is 6.92 Å². The molecule has 5 rings (SSSR count). The molecular formula is C25H24N4O3S2. The highest BCUT2D eigenvalue weighted by atomic mass is 32.1. The Hall–Kier alpha value is -3.27. The number of nitrogens with one attached hydrogen (secondary N) is 1. The fourth-order valence-electron chi connectivity index (χ4n) is 3.97. The van der Waals surface area contributed by atoms with E-state index >= 15 is 0 Å². The first-order valence-corrected chi connectivity index (χ1v) is 12.5. The Morgan fingerprint density at radius 2 is 2.12 bits per heavy atom. The largest absolute Gasteiger partial charge is 0.456 e. The number of fused-ring (bicyclic) bond motifs is 2. The lowest BCUT2D eigenvalue weighted by atomic mass is 10.1. The third kappa shape index (κ3) is 3.75. The zero-order chi connectivity index (χ0) is 24.0. The molecule has 0 spiro atoms. The topological polar surface area (TPSA) is 89.3 Å². The Bertz CT molecular complexity index is 1530. The molecule has 1 unspecified atom stereocenters. The van der Waals surface area contributed by atoms with Gasteiger partial charge in [-0.1, -0.05) is 6.92 Å². The molecule has 2 N–H and O–H groups in total. The van der Waals surface area contributed by atoms with Crippen molar-refractivity contribution >= 4 is 49.7 Å². The van der Waals surface area contributed by atoms with E-state index in [1.54, 1.807) is 35.9 Å². The second-order valence-electron chi connectivity index (χ2n) is 8.17. The number of thiophene rings is 1. The van der Waals surface area contributed by atoms with Gasteiger partial charge in [-0.05, 0) is 25.1 Å². The van der Waals surface area contributed by atoms with E-state index in [0.29, 0.717) is 11.3 Å². The number of hydrogen-bond donors (Lipinski definition) is 2. The lowest BCUT2D eigenvalue weighted by molar-refractivity contribution is 0.0964. The maximum atomic E-state index is 12.4. The number of rotatable bonds is 6. The van der Waals surface area contributed by atoms with Crippen molar-refractivity contribution in [3.8, 4) is 21.4 Å². The number of aliphatic hydroxyl groups is 1. The molecule has 0 bridgehead atoms. The Morgan fingerprint density at radius 3 is 2.88 bits per heavy atom. The highest BCUT2D eigenvalue weighted by molar-refractivity contribution is 7.25. The van der Waals surface area contributed by atoms with Gasteiger partial charge in [-0.15, -0.1) is 22.7 Å². The average Bonchev–Trinajstić information content (AvgIpc) is 3.56. The minimum Gasteiger partial charge on any atom is -0.456 e. The molecule has 4 aromatic heterocycles. The number of aromatic nitrogens is 3. The van der Waals surface area contributed by atoms with E-state index < -0.39 is 0 Å². The molecule has 0 saturated carbocycles. The number of pyridine rings is 1.